The minimum absolute atomic E-state index is 0.0132. The summed E-state index contributed by atoms with van der Waals surface area (Å²) in [5.41, 5.74) is 3.66. The number of anilines is 1. The number of hydrogen-bond acceptors (Lipinski definition) is 4. The highest BCUT2D eigenvalue weighted by atomic mass is 16.2. The summed E-state index contributed by atoms with van der Waals surface area (Å²) in [6, 6.07) is 3.88. The molecule has 104 valence electrons. The smallest absolute Gasteiger partial charge is 0.234 e. The van der Waals surface area contributed by atoms with E-state index < -0.39 is 5.41 Å². The first kappa shape index (κ1) is 12.0. The predicted octanol–water partition coefficient (Wildman–Crippen LogP) is 2.25. The second-order valence-electron chi connectivity index (χ2n) is 5.67. The highest BCUT2D eigenvalue weighted by Crippen LogP contribution is 2.39. The van der Waals surface area contributed by atoms with Gasteiger partial charge in [-0.3, -0.25) is 9.78 Å². The van der Waals surface area contributed by atoms with Crippen LogP contribution >= 0.6 is 0 Å². The zero-order valence-electron chi connectivity index (χ0n) is 11.6. The average molecular weight is 279 g/mol. The van der Waals surface area contributed by atoms with Crippen molar-refractivity contribution < 1.29 is 4.79 Å². The van der Waals surface area contributed by atoms with Gasteiger partial charge in [0.2, 0.25) is 5.91 Å². The molecule has 1 aliphatic heterocycles. The molecule has 21 heavy (non-hydrogen) atoms. The molecule has 0 aliphatic carbocycles. The summed E-state index contributed by atoms with van der Waals surface area (Å²) < 4.78 is 0. The quantitative estimate of drug-likeness (QED) is 0.715. The van der Waals surface area contributed by atoms with Crippen LogP contribution in [0.25, 0.3) is 22.6 Å². The molecule has 0 spiro atoms. The van der Waals surface area contributed by atoms with Gasteiger partial charge >= 0.3 is 0 Å². The van der Waals surface area contributed by atoms with Crippen molar-refractivity contribution >= 4 is 22.6 Å². The summed E-state index contributed by atoms with van der Waals surface area (Å²) >= 11 is 0. The number of fused-ring (bicyclic) bond motifs is 2. The molecule has 4 rings (SSSR count). The monoisotopic (exact) mass is 279 g/mol. The standard InChI is InChI=1S/C15H13N5O/c1-15(2)8-5-10-11(6-9(8)20-14(15)21)19-13(18-10)12-7-16-3-4-17-12/h3-7H,1-2H3,(H,18,19)(H,20,21). The Labute approximate surface area is 120 Å². The highest BCUT2D eigenvalue weighted by molar-refractivity contribution is 6.07. The predicted molar refractivity (Wildman–Crippen MR) is 78.8 cm³/mol. The molecular formula is C15H13N5O. The van der Waals surface area contributed by atoms with Crippen molar-refractivity contribution in [3.63, 3.8) is 0 Å². The number of amides is 1. The Kier molecular flexibility index (Phi) is 2.22. The van der Waals surface area contributed by atoms with Gasteiger partial charge in [0.05, 0.1) is 22.6 Å². The van der Waals surface area contributed by atoms with Gasteiger partial charge in [-0.15, -0.1) is 0 Å². The average Bonchev–Trinajstić information content (AvgIpc) is 2.98. The first-order valence-electron chi connectivity index (χ1n) is 6.68. The Bertz CT molecular complexity index is 866. The number of rotatable bonds is 1. The van der Waals surface area contributed by atoms with Crippen LogP contribution in [-0.2, 0) is 10.2 Å². The first-order valence-corrected chi connectivity index (χ1v) is 6.68. The van der Waals surface area contributed by atoms with E-state index >= 15 is 0 Å². The number of hydrogen-bond donors (Lipinski definition) is 2. The molecule has 1 aromatic carbocycles. The van der Waals surface area contributed by atoms with E-state index in [1.165, 1.54) is 0 Å². The van der Waals surface area contributed by atoms with Crippen molar-refractivity contribution in [2.24, 2.45) is 0 Å². The molecule has 0 fully saturated rings. The lowest BCUT2D eigenvalue weighted by Crippen LogP contribution is -2.26. The molecule has 6 heteroatoms. The summed E-state index contributed by atoms with van der Waals surface area (Å²) in [5, 5.41) is 2.91. The van der Waals surface area contributed by atoms with Gasteiger partial charge in [-0.2, -0.15) is 0 Å². The summed E-state index contributed by atoms with van der Waals surface area (Å²) in [6.07, 6.45) is 4.92. The fraction of sp³-hybridized carbons (Fsp3) is 0.200. The van der Waals surface area contributed by atoms with Crippen LogP contribution in [-0.4, -0.2) is 25.8 Å². The lowest BCUT2D eigenvalue weighted by molar-refractivity contribution is -0.119. The van der Waals surface area contributed by atoms with Gasteiger partial charge in [0.25, 0.3) is 0 Å². The second kappa shape index (κ2) is 3.88. The lowest BCUT2D eigenvalue weighted by atomic mass is 9.86. The maximum atomic E-state index is 12.0. The van der Waals surface area contributed by atoms with Crippen molar-refractivity contribution in [3.8, 4) is 11.5 Å². The Morgan fingerprint density at radius 2 is 2.05 bits per heavy atom. The zero-order chi connectivity index (χ0) is 14.6. The third-order valence-corrected chi connectivity index (χ3v) is 3.92. The Morgan fingerprint density at radius 3 is 2.81 bits per heavy atom. The van der Waals surface area contributed by atoms with E-state index in [-0.39, 0.29) is 5.91 Å². The SMILES string of the molecule is CC1(C)C(=O)Nc2cc3nc(-c4cnccn4)[nH]c3cc21. The molecule has 0 saturated heterocycles. The summed E-state index contributed by atoms with van der Waals surface area (Å²) in [4.78, 5) is 28.0. The molecule has 0 bridgehead atoms. The third kappa shape index (κ3) is 1.65. The number of carbonyl (C=O) groups is 1. The van der Waals surface area contributed by atoms with E-state index in [0.29, 0.717) is 11.5 Å². The molecule has 6 nitrogen and oxygen atoms in total. The summed E-state index contributed by atoms with van der Waals surface area (Å²) in [6.45, 7) is 3.83. The van der Waals surface area contributed by atoms with Gasteiger partial charge < -0.3 is 10.3 Å². The molecule has 0 saturated carbocycles. The molecular weight excluding hydrogens is 266 g/mol. The summed E-state index contributed by atoms with van der Waals surface area (Å²) in [7, 11) is 0. The number of H-pyrrole nitrogens is 1. The van der Waals surface area contributed by atoms with Crippen LogP contribution in [0.4, 0.5) is 5.69 Å². The molecule has 0 atom stereocenters. The van der Waals surface area contributed by atoms with Gasteiger partial charge in [0, 0.05) is 18.1 Å². The van der Waals surface area contributed by atoms with E-state index in [9.17, 15) is 4.79 Å². The second-order valence-corrected chi connectivity index (χ2v) is 5.67. The number of carbonyl (C=O) groups excluding carboxylic acids is 1. The van der Waals surface area contributed by atoms with Gasteiger partial charge in [-0.25, -0.2) is 9.97 Å². The molecule has 2 N–H and O–H groups in total. The van der Waals surface area contributed by atoms with Crippen molar-refractivity contribution in [1.29, 1.82) is 0 Å². The van der Waals surface area contributed by atoms with Gasteiger partial charge in [-0.1, -0.05) is 0 Å². The van der Waals surface area contributed by atoms with Crippen LogP contribution in [0.3, 0.4) is 0 Å². The fourth-order valence-corrected chi connectivity index (χ4v) is 2.62. The molecule has 2 aromatic heterocycles. The van der Waals surface area contributed by atoms with Gasteiger partial charge in [-0.05, 0) is 31.5 Å². The number of aromatic amines is 1. The third-order valence-electron chi connectivity index (χ3n) is 3.92. The number of nitrogens with zero attached hydrogens (tertiary/aromatic N) is 3. The number of nitrogens with one attached hydrogen (secondary N) is 2. The minimum atomic E-state index is -0.526. The van der Waals surface area contributed by atoms with Crippen LogP contribution in [0.1, 0.15) is 19.4 Å². The van der Waals surface area contributed by atoms with Crippen molar-refractivity contribution in [3.05, 3.63) is 36.3 Å². The van der Waals surface area contributed by atoms with E-state index in [1.54, 1.807) is 18.6 Å². The molecule has 1 aliphatic rings. The maximum Gasteiger partial charge on any atom is 0.234 e. The van der Waals surface area contributed by atoms with Gasteiger partial charge in [0.15, 0.2) is 5.82 Å². The largest absolute Gasteiger partial charge is 0.337 e. The number of benzene rings is 1. The van der Waals surface area contributed by atoms with Crippen molar-refractivity contribution in [2.45, 2.75) is 19.3 Å². The maximum absolute atomic E-state index is 12.0. The number of aromatic nitrogens is 4. The molecule has 3 aromatic rings. The highest BCUT2D eigenvalue weighted by Gasteiger charge is 2.38. The normalized spacial score (nSPS) is 16.0. The van der Waals surface area contributed by atoms with E-state index in [1.807, 2.05) is 26.0 Å². The van der Waals surface area contributed by atoms with E-state index in [0.717, 1.165) is 22.3 Å². The van der Waals surface area contributed by atoms with E-state index in [4.69, 9.17) is 0 Å². The fourth-order valence-electron chi connectivity index (χ4n) is 2.62. The topological polar surface area (TPSA) is 83.6 Å². The molecule has 0 radical (unpaired) electrons. The van der Waals surface area contributed by atoms with Crippen LogP contribution in [0.15, 0.2) is 30.7 Å². The summed E-state index contributed by atoms with van der Waals surface area (Å²) in [5.74, 6) is 0.685. The Morgan fingerprint density at radius 1 is 1.19 bits per heavy atom. The molecule has 1 amide bonds. The van der Waals surface area contributed by atoms with Crippen LogP contribution in [0, 0.1) is 0 Å². The van der Waals surface area contributed by atoms with Crippen LogP contribution in [0.2, 0.25) is 0 Å². The Balaban J connectivity index is 1.90. The van der Waals surface area contributed by atoms with Crippen LogP contribution in [0.5, 0.6) is 0 Å². The zero-order valence-corrected chi connectivity index (χ0v) is 11.6. The number of imidazole rings is 1. The van der Waals surface area contributed by atoms with E-state index in [2.05, 4.69) is 25.3 Å². The van der Waals surface area contributed by atoms with Crippen LogP contribution < -0.4 is 5.32 Å². The van der Waals surface area contributed by atoms with Gasteiger partial charge in [0.1, 0.15) is 5.69 Å². The Hall–Kier alpha value is -2.76. The first-order chi connectivity index (χ1) is 10.1. The molecule has 3 heterocycles. The molecule has 0 unspecified atom stereocenters. The van der Waals surface area contributed by atoms with Crippen molar-refractivity contribution in [1.82, 2.24) is 19.9 Å². The lowest BCUT2D eigenvalue weighted by Gasteiger charge is -2.14. The van der Waals surface area contributed by atoms with Crippen molar-refractivity contribution in [2.75, 3.05) is 5.32 Å². The minimum Gasteiger partial charge on any atom is -0.337 e.